The lowest BCUT2D eigenvalue weighted by Crippen LogP contribution is -1.98. The normalized spacial score (nSPS) is 10.8. The summed E-state index contributed by atoms with van der Waals surface area (Å²) in [6.07, 6.45) is 0. The molecule has 90 valence electrons. The summed E-state index contributed by atoms with van der Waals surface area (Å²) in [6, 6.07) is 4.57. The first-order valence-electron chi connectivity index (χ1n) is 5.07. The number of nitrogens with zero attached hydrogens (tertiary/aromatic N) is 1. The predicted octanol–water partition coefficient (Wildman–Crippen LogP) is 2.11. The van der Waals surface area contributed by atoms with Crippen LogP contribution in [0.15, 0.2) is 18.2 Å². The number of methoxy groups -OCH3 is 2. The molecule has 1 aromatic heterocycles. The third-order valence-corrected chi connectivity index (χ3v) is 2.46. The van der Waals surface area contributed by atoms with Crippen LogP contribution in [0.2, 0.25) is 0 Å². The summed E-state index contributed by atoms with van der Waals surface area (Å²) in [5, 5.41) is 0.670. The van der Waals surface area contributed by atoms with Gasteiger partial charge >= 0.3 is 0 Å². The number of pyridine rings is 1. The molecule has 0 fully saturated rings. The molecule has 2 aromatic rings. The topological polar surface area (TPSA) is 57.4 Å². The van der Waals surface area contributed by atoms with E-state index in [2.05, 4.69) is 4.98 Å². The highest BCUT2D eigenvalue weighted by Crippen LogP contribution is 2.28. The molecule has 1 heterocycles. The van der Waals surface area contributed by atoms with Crippen molar-refractivity contribution in [3.63, 3.8) is 0 Å². The van der Waals surface area contributed by atoms with Gasteiger partial charge in [0.25, 0.3) is 0 Å². The molecule has 0 bridgehead atoms. The molecule has 0 atom stereocenters. The minimum atomic E-state index is -0.457. The van der Waals surface area contributed by atoms with Gasteiger partial charge in [-0.1, -0.05) is 0 Å². The molecule has 0 aliphatic carbocycles. The van der Waals surface area contributed by atoms with Crippen molar-refractivity contribution >= 4 is 16.6 Å². The number of halogens is 1. The molecule has 0 aliphatic rings. The third-order valence-electron chi connectivity index (χ3n) is 2.46. The molecule has 0 saturated heterocycles. The Hall–Kier alpha value is -1.88. The predicted molar refractivity (Wildman–Crippen MR) is 63.4 cm³/mol. The van der Waals surface area contributed by atoms with Crippen molar-refractivity contribution < 1.29 is 13.9 Å². The Morgan fingerprint density at radius 1 is 1.29 bits per heavy atom. The first-order valence-corrected chi connectivity index (χ1v) is 5.07. The Kier molecular flexibility index (Phi) is 3.10. The molecule has 2 N–H and O–H groups in total. The molecule has 0 spiro atoms. The van der Waals surface area contributed by atoms with Crippen molar-refractivity contribution in [3.05, 3.63) is 29.7 Å². The van der Waals surface area contributed by atoms with Gasteiger partial charge in [0.1, 0.15) is 0 Å². The number of hydrogen-bond donors (Lipinski definition) is 1. The van der Waals surface area contributed by atoms with Crippen molar-refractivity contribution in [2.24, 2.45) is 0 Å². The van der Waals surface area contributed by atoms with E-state index in [1.165, 1.54) is 13.2 Å². The van der Waals surface area contributed by atoms with E-state index in [0.717, 1.165) is 0 Å². The lowest BCUT2D eigenvalue weighted by molar-refractivity contribution is 0.182. The van der Waals surface area contributed by atoms with Crippen LogP contribution in [-0.4, -0.2) is 19.2 Å². The van der Waals surface area contributed by atoms with Gasteiger partial charge in [0, 0.05) is 24.2 Å². The first kappa shape index (κ1) is 11.6. The molecule has 0 radical (unpaired) electrons. The van der Waals surface area contributed by atoms with Gasteiger partial charge in [-0.25, -0.2) is 4.39 Å². The van der Waals surface area contributed by atoms with Crippen LogP contribution in [0, 0.1) is 5.82 Å². The molecular formula is C12H13FN2O2. The van der Waals surface area contributed by atoms with Crippen molar-refractivity contribution in [3.8, 4) is 5.75 Å². The van der Waals surface area contributed by atoms with Gasteiger partial charge in [0.15, 0.2) is 11.6 Å². The maximum absolute atomic E-state index is 13.5. The average molecular weight is 236 g/mol. The van der Waals surface area contributed by atoms with Gasteiger partial charge in [-0.05, 0) is 12.1 Å². The molecule has 0 unspecified atom stereocenters. The molecule has 2 rings (SSSR count). The van der Waals surface area contributed by atoms with Crippen molar-refractivity contribution in [2.45, 2.75) is 6.61 Å². The van der Waals surface area contributed by atoms with E-state index in [9.17, 15) is 4.39 Å². The summed E-state index contributed by atoms with van der Waals surface area (Å²) in [4.78, 5) is 4.26. The Morgan fingerprint density at radius 2 is 2.06 bits per heavy atom. The van der Waals surface area contributed by atoms with Crippen molar-refractivity contribution in [1.82, 2.24) is 4.98 Å². The van der Waals surface area contributed by atoms with Crippen LogP contribution in [0.25, 0.3) is 10.9 Å². The van der Waals surface area contributed by atoms with E-state index >= 15 is 0 Å². The van der Waals surface area contributed by atoms with Gasteiger partial charge in [-0.2, -0.15) is 0 Å². The first-order chi connectivity index (χ1) is 8.15. The molecule has 0 aliphatic heterocycles. The fraction of sp³-hybridized carbons (Fsp3) is 0.250. The Labute approximate surface area is 98.2 Å². The molecule has 1 aromatic carbocycles. The number of ether oxygens (including phenoxy) is 2. The van der Waals surface area contributed by atoms with Crippen LogP contribution in [0.5, 0.6) is 5.75 Å². The van der Waals surface area contributed by atoms with E-state index in [4.69, 9.17) is 15.2 Å². The zero-order chi connectivity index (χ0) is 12.4. The molecule has 5 heteroatoms. The second-order valence-electron chi connectivity index (χ2n) is 3.64. The summed E-state index contributed by atoms with van der Waals surface area (Å²) < 4.78 is 23.4. The Balaban J connectivity index is 2.64. The number of nitrogen functional groups attached to an aromatic ring is 1. The smallest absolute Gasteiger partial charge is 0.167 e. The van der Waals surface area contributed by atoms with Gasteiger partial charge in [0.2, 0.25) is 0 Å². The summed E-state index contributed by atoms with van der Waals surface area (Å²) in [6.45, 7) is 0.341. The monoisotopic (exact) mass is 236 g/mol. The number of rotatable bonds is 3. The van der Waals surface area contributed by atoms with Crippen LogP contribution >= 0.6 is 0 Å². The molecule has 4 nitrogen and oxygen atoms in total. The summed E-state index contributed by atoms with van der Waals surface area (Å²) >= 11 is 0. The van der Waals surface area contributed by atoms with E-state index in [-0.39, 0.29) is 5.75 Å². The Morgan fingerprint density at radius 3 is 2.71 bits per heavy atom. The minimum absolute atomic E-state index is 0.158. The fourth-order valence-corrected chi connectivity index (χ4v) is 1.69. The second-order valence-corrected chi connectivity index (χ2v) is 3.64. The maximum Gasteiger partial charge on any atom is 0.167 e. The number of hydrogen-bond acceptors (Lipinski definition) is 4. The largest absolute Gasteiger partial charge is 0.494 e. The SMILES string of the molecule is COCc1cc(N)c2cc(OC)c(F)cc2n1. The zero-order valence-corrected chi connectivity index (χ0v) is 9.66. The van der Waals surface area contributed by atoms with Crippen LogP contribution in [0.3, 0.4) is 0 Å². The lowest BCUT2D eigenvalue weighted by Gasteiger charge is -2.08. The number of aromatic nitrogens is 1. The number of fused-ring (bicyclic) bond motifs is 1. The summed E-state index contributed by atoms with van der Waals surface area (Å²) in [7, 11) is 2.98. The molecule has 0 amide bonds. The van der Waals surface area contributed by atoms with Gasteiger partial charge in [-0.3, -0.25) is 4.98 Å². The maximum atomic E-state index is 13.5. The van der Waals surface area contributed by atoms with Crippen LogP contribution < -0.4 is 10.5 Å². The number of anilines is 1. The minimum Gasteiger partial charge on any atom is -0.494 e. The van der Waals surface area contributed by atoms with Gasteiger partial charge in [-0.15, -0.1) is 0 Å². The zero-order valence-electron chi connectivity index (χ0n) is 9.66. The van der Waals surface area contributed by atoms with Crippen LogP contribution in [0.1, 0.15) is 5.69 Å². The second kappa shape index (κ2) is 4.55. The van der Waals surface area contributed by atoms with Crippen molar-refractivity contribution in [2.75, 3.05) is 20.0 Å². The molecule has 17 heavy (non-hydrogen) atoms. The van der Waals surface area contributed by atoms with Crippen LogP contribution in [-0.2, 0) is 11.3 Å². The van der Waals surface area contributed by atoms with E-state index in [0.29, 0.717) is 28.9 Å². The third kappa shape index (κ3) is 2.14. The van der Waals surface area contributed by atoms with Gasteiger partial charge in [0.05, 0.1) is 24.9 Å². The van der Waals surface area contributed by atoms with E-state index in [1.807, 2.05) is 0 Å². The molecular weight excluding hydrogens is 223 g/mol. The molecule has 0 saturated carbocycles. The van der Waals surface area contributed by atoms with E-state index < -0.39 is 5.82 Å². The lowest BCUT2D eigenvalue weighted by atomic mass is 10.1. The summed E-state index contributed by atoms with van der Waals surface area (Å²) in [5.41, 5.74) is 7.58. The highest BCUT2D eigenvalue weighted by molar-refractivity contribution is 5.91. The Bertz CT molecular complexity index is 558. The van der Waals surface area contributed by atoms with Crippen molar-refractivity contribution in [1.29, 1.82) is 0 Å². The summed E-state index contributed by atoms with van der Waals surface area (Å²) in [5.74, 6) is -0.299. The number of benzene rings is 1. The highest BCUT2D eigenvalue weighted by atomic mass is 19.1. The van der Waals surface area contributed by atoms with E-state index in [1.54, 1.807) is 19.2 Å². The van der Waals surface area contributed by atoms with Gasteiger partial charge < -0.3 is 15.2 Å². The standard InChI is InChI=1S/C12H13FN2O2/c1-16-6-7-3-10(14)8-4-12(17-2)9(13)5-11(8)15-7/h3-5H,6H2,1-2H3,(H2,14,15). The number of nitrogens with two attached hydrogens (primary N) is 1. The average Bonchev–Trinajstić information content (AvgIpc) is 2.28. The quantitative estimate of drug-likeness (QED) is 0.886. The highest BCUT2D eigenvalue weighted by Gasteiger charge is 2.09. The fourth-order valence-electron chi connectivity index (χ4n) is 1.69. The van der Waals surface area contributed by atoms with Crippen LogP contribution in [0.4, 0.5) is 10.1 Å².